The van der Waals surface area contributed by atoms with Crippen molar-refractivity contribution in [2.75, 3.05) is 33.4 Å². The van der Waals surface area contributed by atoms with Gasteiger partial charge in [0.1, 0.15) is 0 Å². The fourth-order valence-electron chi connectivity index (χ4n) is 2.97. The summed E-state index contributed by atoms with van der Waals surface area (Å²) in [4.78, 5) is 12.4. The first kappa shape index (κ1) is 22.9. The van der Waals surface area contributed by atoms with E-state index in [0.29, 0.717) is 41.2 Å². The summed E-state index contributed by atoms with van der Waals surface area (Å²) < 4.78 is 11.0. The van der Waals surface area contributed by atoms with Gasteiger partial charge in [-0.3, -0.25) is 4.79 Å². The summed E-state index contributed by atoms with van der Waals surface area (Å²) in [7, 11) is 1.55. The maximum absolute atomic E-state index is 12.4. The van der Waals surface area contributed by atoms with E-state index in [0.717, 1.165) is 32.4 Å². The molecule has 1 fully saturated rings. The fraction of sp³-hybridized carbons (Fsp3) is 0.632. The molecule has 1 aliphatic rings. The van der Waals surface area contributed by atoms with Crippen molar-refractivity contribution in [2.45, 2.75) is 39.0 Å². The minimum Gasteiger partial charge on any atom is -0.493 e. The molecule has 0 aliphatic carbocycles. The molecule has 0 saturated carbocycles. The van der Waals surface area contributed by atoms with Crippen molar-refractivity contribution in [3.8, 4) is 11.5 Å². The maximum atomic E-state index is 12.4. The van der Waals surface area contributed by atoms with Gasteiger partial charge in [-0.05, 0) is 56.8 Å². The number of rotatable bonds is 9. The zero-order chi connectivity index (χ0) is 18.1. The van der Waals surface area contributed by atoms with Crippen LogP contribution < -0.4 is 20.1 Å². The standard InChI is InChI=1S/C19H29ClN2O3.ClH/c1-3-4-10-25-18-16(20)11-15(12-17(18)24-2)19(23)22-9-7-14-6-5-8-21-13-14;/h11-12,14,21H,3-10,13H2,1-2H3,(H,22,23);1H. The van der Waals surface area contributed by atoms with Gasteiger partial charge in [-0.1, -0.05) is 24.9 Å². The highest BCUT2D eigenvalue weighted by Crippen LogP contribution is 2.36. The van der Waals surface area contributed by atoms with Gasteiger partial charge in [-0.25, -0.2) is 0 Å². The van der Waals surface area contributed by atoms with E-state index in [2.05, 4.69) is 17.6 Å². The summed E-state index contributed by atoms with van der Waals surface area (Å²) in [5.41, 5.74) is 0.492. The van der Waals surface area contributed by atoms with E-state index in [1.165, 1.54) is 12.8 Å². The van der Waals surface area contributed by atoms with Crippen molar-refractivity contribution in [2.24, 2.45) is 5.92 Å². The molecule has 5 nitrogen and oxygen atoms in total. The average Bonchev–Trinajstić information content (AvgIpc) is 2.63. The second kappa shape index (κ2) is 12.3. The van der Waals surface area contributed by atoms with Gasteiger partial charge in [-0.15, -0.1) is 12.4 Å². The highest BCUT2D eigenvalue weighted by molar-refractivity contribution is 6.32. The van der Waals surface area contributed by atoms with Crippen molar-refractivity contribution in [3.63, 3.8) is 0 Å². The SMILES string of the molecule is CCCCOc1c(Cl)cc(C(=O)NCCC2CCCNC2)cc1OC.Cl. The van der Waals surface area contributed by atoms with Crippen LogP contribution in [0, 0.1) is 5.92 Å². The first-order chi connectivity index (χ1) is 12.2. The lowest BCUT2D eigenvalue weighted by Gasteiger charge is -2.22. The molecule has 0 radical (unpaired) electrons. The Morgan fingerprint density at radius 1 is 1.42 bits per heavy atom. The van der Waals surface area contributed by atoms with E-state index in [-0.39, 0.29) is 18.3 Å². The van der Waals surface area contributed by atoms with Crippen molar-refractivity contribution in [3.05, 3.63) is 22.7 Å². The Morgan fingerprint density at radius 3 is 2.88 bits per heavy atom. The summed E-state index contributed by atoms with van der Waals surface area (Å²) in [6.45, 7) is 5.49. The molecule has 0 bridgehead atoms. The lowest BCUT2D eigenvalue weighted by Crippen LogP contribution is -2.33. The van der Waals surface area contributed by atoms with Crippen molar-refractivity contribution in [1.29, 1.82) is 0 Å². The van der Waals surface area contributed by atoms with Crippen LogP contribution in [-0.4, -0.2) is 39.3 Å². The van der Waals surface area contributed by atoms with Crippen molar-refractivity contribution in [1.82, 2.24) is 10.6 Å². The van der Waals surface area contributed by atoms with E-state index in [4.69, 9.17) is 21.1 Å². The Hall–Kier alpha value is -1.17. The van der Waals surface area contributed by atoms with E-state index in [9.17, 15) is 4.79 Å². The van der Waals surface area contributed by atoms with Crippen LogP contribution in [-0.2, 0) is 0 Å². The second-order valence-corrected chi connectivity index (χ2v) is 6.86. The molecule has 1 aliphatic heterocycles. The molecular formula is C19H30Cl2N2O3. The number of hydrogen-bond acceptors (Lipinski definition) is 4. The van der Waals surface area contributed by atoms with E-state index < -0.39 is 0 Å². The Bertz CT molecular complexity index is 564. The summed E-state index contributed by atoms with van der Waals surface area (Å²) in [5, 5.41) is 6.77. The van der Waals surface area contributed by atoms with Crippen molar-refractivity contribution < 1.29 is 14.3 Å². The van der Waals surface area contributed by atoms with Crippen LogP contribution >= 0.6 is 24.0 Å². The molecule has 1 amide bonds. The number of benzene rings is 1. The van der Waals surface area contributed by atoms with Gasteiger partial charge < -0.3 is 20.1 Å². The first-order valence-electron chi connectivity index (χ1n) is 9.15. The Morgan fingerprint density at radius 2 is 2.23 bits per heavy atom. The molecule has 1 aromatic rings. The zero-order valence-corrected chi connectivity index (χ0v) is 17.2. The highest BCUT2D eigenvalue weighted by Gasteiger charge is 2.17. The summed E-state index contributed by atoms with van der Waals surface area (Å²) in [6, 6.07) is 3.33. The molecule has 1 atom stereocenters. The number of methoxy groups -OCH3 is 1. The Labute approximate surface area is 167 Å². The third-order valence-electron chi connectivity index (χ3n) is 4.47. The summed E-state index contributed by atoms with van der Waals surface area (Å²) in [5.74, 6) is 1.50. The minimum absolute atomic E-state index is 0. The molecule has 1 aromatic carbocycles. The third-order valence-corrected chi connectivity index (χ3v) is 4.75. The van der Waals surface area contributed by atoms with Gasteiger partial charge in [0, 0.05) is 12.1 Å². The normalized spacial score (nSPS) is 16.5. The Kier molecular flexibility index (Phi) is 10.8. The minimum atomic E-state index is -0.135. The summed E-state index contributed by atoms with van der Waals surface area (Å²) >= 11 is 6.30. The van der Waals surface area contributed by atoms with Gasteiger partial charge >= 0.3 is 0 Å². The van der Waals surface area contributed by atoms with Crippen LogP contribution in [0.25, 0.3) is 0 Å². The molecule has 0 spiro atoms. The number of unbranched alkanes of at least 4 members (excludes halogenated alkanes) is 1. The van der Waals surface area contributed by atoms with Crippen LogP contribution in [0.3, 0.4) is 0 Å². The second-order valence-electron chi connectivity index (χ2n) is 6.45. The van der Waals surface area contributed by atoms with Crippen LogP contribution in [0.15, 0.2) is 12.1 Å². The van der Waals surface area contributed by atoms with E-state index in [1.807, 2.05) is 0 Å². The number of nitrogens with one attached hydrogen (secondary N) is 2. The monoisotopic (exact) mass is 404 g/mol. The van der Waals surface area contributed by atoms with Gasteiger partial charge in [0.05, 0.1) is 18.7 Å². The molecule has 148 valence electrons. The predicted molar refractivity (Wildman–Crippen MR) is 108 cm³/mol. The molecule has 1 unspecified atom stereocenters. The number of carbonyl (C=O) groups is 1. The topological polar surface area (TPSA) is 59.6 Å². The van der Waals surface area contributed by atoms with Crippen LogP contribution in [0.1, 0.15) is 49.4 Å². The number of halogens is 2. The van der Waals surface area contributed by atoms with Gasteiger partial charge in [0.15, 0.2) is 11.5 Å². The fourth-order valence-corrected chi connectivity index (χ4v) is 3.24. The molecule has 2 N–H and O–H groups in total. The van der Waals surface area contributed by atoms with Gasteiger partial charge in [0.2, 0.25) is 0 Å². The maximum Gasteiger partial charge on any atom is 0.251 e. The van der Waals surface area contributed by atoms with Crippen LogP contribution in [0.5, 0.6) is 11.5 Å². The number of hydrogen-bond donors (Lipinski definition) is 2. The van der Waals surface area contributed by atoms with Gasteiger partial charge in [-0.2, -0.15) is 0 Å². The number of carbonyl (C=O) groups excluding carboxylic acids is 1. The summed E-state index contributed by atoms with van der Waals surface area (Å²) in [6.07, 6.45) is 5.41. The van der Waals surface area contributed by atoms with Gasteiger partial charge in [0.25, 0.3) is 5.91 Å². The number of ether oxygens (including phenoxy) is 2. The molecule has 0 aromatic heterocycles. The van der Waals surface area contributed by atoms with Crippen LogP contribution in [0.2, 0.25) is 5.02 Å². The molecule has 7 heteroatoms. The first-order valence-corrected chi connectivity index (χ1v) is 9.52. The Balaban J connectivity index is 0.00000338. The third kappa shape index (κ3) is 6.86. The van der Waals surface area contributed by atoms with E-state index >= 15 is 0 Å². The largest absolute Gasteiger partial charge is 0.493 e. The molecule has 1 heterocycles. The van der Waals surface area contributed by atoms with E-state index in [1.54, 1.807) is 19.2 Å². The highest BCUT2D eigenvalue weighted by atomic mass is 35.5. The number of amides is 1. The lowest BCUT2D eigenvalue weighted by atomic mass is 9.96. The predicted octanol–water partition coefficient (Wildman–Crippen LogP) is 4.07. The molecule has 1 saturated heterocycles. The zero-order valence-electron chi connectivity index (χ0n) is 15.6. The smallest absolute Gasteiger partial charge is 0.251 e. The quantitative estimate of drug-likeness (QED) is 0.608. The average molecular weight is 405 g/mol. The molecular weight excluding hydrogens is 375 g/mol. The molecule has 26 heavy (non-hydrogen) atoms. The lowest BCUT2D eigenvalue weighted by molar-refractivity contribution is 0.0950. The van der Waals surface area contributed by atoms with Crippen molar-refractivity contribution >= 4 is 29.9 Å². The molecule has 2 rings (SSSR count). The van der Waals surface area contributed by atoms with Crippen LogP contribution in [0.4, 0.5) is 0 Å². The number of piperidine rings is 1.